The lowest BCUT2D eigenvalue weighted by atomic mass is 9.94. The highest BCUT2D eigenvalue weighted by Gasteiger charge is 2.36. The van der Waals surface area contributed by atoms with Crippen LogP contribution in [0.15, 0.2) is 28.9 Å². The van der Waals surface area contributed by atoms with Gasteiger partial charge in [0.1, 0.15) is 0 Å². The third-order valence-corrected chi connectivity index (χ3v) is 3.82. The van der Waals surface area contributed by atoms with Crippen molar-refractivity contribution in [1.82, 2.24) is 0 Å². The van der Waals surface area contributed by atoms with Crippen LogP contribution in [0.2, 0.25) is 0 Å². The van der Waals surface area contributed by atoms with Crippen molar-refractivity contribution in [3.05, 3.63) is 34.4 Å². The molecule has 0 bridgehead atoms. The maximum absolute atomic E-state index is 12.1. The number of cyclic esters (lactones) is 2. The van der Waals surface area contributed by atoms with Gasteiger partial charge in [0.15, 0.2) is 11.5 Å². The summed E-state index contributed by atoms with van der Waals surface area (Å²) in [5, 5.41) is 0. The van der Waals surface area contributed by atoms with Gasteiger partial charge in [0.05, 0.1) is 32.5 Å². The topological polar surface area (TPSA) is 71.1 Å². The Labute approximate surface area is 140 Å². The second-order valence-electron chi connectivity index (χ2n) is 5.47. The van der Waals surface area contributed by atoms with E-state index in [1.165, 1.54) is 21.3 Å². The Morgan fingerprint density at radius 3 is 1.75 bits per heavy atom. The molecule has 0 amide bonds. The molecule has 128 valence electrons. The number of esters is 2. The van der Waals surface area contributed by atoms with Crippen molar-refractivity contribution in [3.8, 4) is 17.2 Å². The van der Waals surface area contributed by atoms with Gasteiger partial charge in [0.2, 0.25) is 5.75 Å². The Kier molecular flexibility index (Phi) is 4.97. The molecule has 0 N–H and O–H groups in total. The summed E-state index contributed by atoms with van der Waals surface area (Å²) in [6.07, 6.45) is 0. The van der Waals surface area contributed by atoms with E-state index < -0.39 is 11.9 Å². The fourth-order valence-corrected chi connectivity index (χ4v) is 2.63. The number of methoxy groups -OCH3 is 3. The molecule has 0 aromatic heterocycles. The maximum atomic E-state index is 12.1. The second-order valence-corrected chi connectivity index (χ2v) is 5.47. The van der Waals surface area contributed by atoms with E-state index in [4.69, 9.17) is 18.9 Å². The minimum absolute atomic E-state index is 0.259. The number of rotatable bonds is 4. The van der Waals surface area contributed by atoms with Crippen LogP contribution in [-0.2, 0) is 14.3 Å². The average Bonchev–Trinajstić information content (AvgIpc) is 2.86. The van der Waals surface area contributed by atoms with Gasteiger partial charge in [0, 0.05) is 0 Å². The highest BCUT2D eigenvalue weighted by Crippen LogP contribution is 2.41. The first-order chi connectivity index (χ1) is 11.3. The van der Waals surface area contributed by atoms with Gasteiger partial charge in [0.25, 0.3) is 0 Å². The Morgan fingerprint density at radius 2 is 1.33 bits per heavy atom. The molecule has 6 nitrogen and oxygen atoms in total. The Bertz CT molecular complexity index is 741. The minimum atomic E-state index is -0.651. The molecule has 6 heteroatoms. The third kappa shape index (κ3) is 2.87. The molecule has 0 aliphatic carbocycles. The molecule has 1 aromatic carbocycles. The zero-order chi connectivity index (χ0) is 18.0. The molecule has 0 radical (unpaired) electrons. The van der Waals surface area contributed by atoms with Crippen LogP contribution >= 0.6 is 0 Å². The fraction of sp³-hybridized carbons (Fsp3) is 0.333. The predicted molar refractivity (Wildman–Crippen MR) is 88.2 cm³/mol. The van der Waals surface area contributed by atoms with E-state index >= 15 is 0 Å². The zero-order valence-electron chi connectivity index (χ0n) is 14.6. The minimum Gasteiger partial charge on any atom is -0.493 e. The number of carbonyl (C=O) groups is 2. The molecule has 0 unspecified atom stereocenters. The van der Waals surface area contributed by atoms with E-state index in [2.05, 4.69) is 0 Å². The molecule has 0 spiro atoms. The quantitative estimate of drug-likeness (QED) is 0.480. The highest BCUT2D eigenvalue weighted by molar-refractivity contribution is 6.22. The van der Waals surface area contributed by atoms with E-state index in [9.17, 15) is 9.59 Å². The van der Waals surface area contributed by atoms with Gasteiger partial charge in [-0.1, -0.05) is 5.57 Å². The molecular weight excluding hydrogens is 312 g/mol. The van der Waals surface area contributed by atoms with E-state index in [1.54, 1.807) is 32.9 Å². The van der Waals surface area contributed by atoms with Crippen LogP contribution in [0.3, 0.4) is 0 Å². The summed E-state index contributed by atoms with van der Waals surface area (Å²) in [5.41, 5.74) is 2.54. The molecule has 1 fully saturated rings. The fourth-order valence-electron chi connectivity index (χ4n) is 2.63. The van der Waals surface area contributed by atoms with Crippen molar-refractivity contribution < 1.29 is 28.5 Å². The summed E-state index contributed by atoms with van der Waals surface area (Å²) >= 11 is 0. The normalized spacial score (nSPS) is 16.0. The molecule has 1 aliphatic heterocycles. The summed E-state index contributed by atoms with van der Waals surface area (Å²) in [4.78, 5) is 24.0. The van der Waals surface area contributed by atoms with Crippen LogP contribution in [0.4, 0.5) is 0 Å². The van der Waals surface area contributed by atoms with Crippen LogP contribution in [0.5, 0.6) is 17.2 Å². The zero-order valence-corrected chi connectivity index (χ0v) is 14.6. The number of carbonyl (C=O) groups excluding carboxylic acids is 2. The molecule has 0 saturated carbocycles. The summed E-state index contributed by atoms with van der Waals surface area (Å²) in [6, 6.07) is 3.45. The van der Waals surface area contributed by atoms with Crippen molar-refractivity contribution in [2.45, 2.75) is 20.8 Å². The molecule has 1 saturated heterocycles. The molecule has 24 heavy (non-hydrogen) atoms. The van der Waals surface area contributed by atoms with Crippen molar-refractivity contribution in [1.29, 1.82) is 0 Å². The summed E-state index contributed by atoms with van der Waals surface area (Å²) in [6.45, 7) is 5.27. The monoisotopic (exact) mass is 332 g/mol. The lowest BCUT2D eigenvalue weighted by Gasteiger charge is -2.15. The van der Waals surface area contributed by atoms with Crippen LogP contribution in [0.1, 0.15) is 26.3 Å². The predicted octanol–water partition coefficient (Wildman–Crippen LogP) is 2.91. The van der Waals surface area contributed by atoms with Crippen molar-refractivity contribution in [2.24, 2.45) is 0 Å². The van der Waals surface area contributed by atoms with Gasteiger partial charge in [-0.05, 0) is 44.0 Å². The van der Waals surface area contributed by atoms with Crippen molar-refractivity contribution in [3.63, 3.8) is 0 Å². The molecule has 1 aromatic rings. The second kappa shape index (κ2) is 6.78. The Morgan fingerprint density at radius 1 is 0.833 bits per heavy atom. The van der Waals surface area contributed by atoms with Crippen LogP contribution in [0, 0.1) is 0 Å². The Balaban J connectivity index is 2.73. The summed E-state index contributed by atoms with van der Waals surface area (Å²) in [7, 11) is 4.54. The van der Waals surface area contributed by atoms with Gasteiger partial charge in [-0.2, -0.15) is 0 Å². The van der Waals surface area contributed by atoms with Gasteiger partial charge in [-0.25, -0.2) is 9.59 Å². The number of benzene rings is 1. The lowest BCUT2D eigenvalue weighted by molar-refractivity contribution is -0.149. The van der Waals surface area contributed by atoms with E-state index in [0.29, 0.717) is 39.5 Å². The SMILES string of the molecule is COc1cc(/C(C)=C2/C(=O)OC(=O)C2=C(C)C)cc(OC)c1OC. The van der Waals surface area contributed by atoms with Crippen LogP contribution < -0.4 is 14.2 Å². The first kappa shape index (κ1) is 17.6. The largest absolute Gasteiger partial charge is 0.493 e. The number of hydrogen-bond donors (Lipinski definition) is 0. The van der Waals surface area contributed by atoms with E-state index in [1.807, 2.05) is 0 Å². The first-order valence-electron chi connectivity index (χ1n) is 7.31. The van der Waals surface area contributed by atoms with Gasteiger partial charge in [-0.3, -0.25) is 0 Å². The summed E-state index contributed by atoms with van der Waals surface area (Å²) in [5.74, 6) is 0.102. The standard InChI is InChI=1S/C18H20O6/c1-9(2)14-15(18(20)24-17(14)19)10(3)11-7-12(21-4)16(23-6)13(8-11)22-5/h7-8H,1-6H3/b15-10+. The molecule has 1 aliphatic rings. The highest BCUT2D eigenvalue weighted by atomic mass is 16.6. The molecule has 0 atom stereocenters. The number of hydrogen-bond acceptors (Lipinski definition) is 6. The van der Waals surface area contributed by atoms with Crippen molar-refractivity contribution in [2.75, 3.05) is 21.3 Å². The van der Waals surface area contributed by atoms with Gasteiger partial charge < -0.3 is 18.9 Å². The lowest BCUT2D eigenvalue weighted by Crippen LogP contribution is -2.01. The molecular formula is C18H20O6. The van der Waals surface area contributed by atoms with Crippen molar-refractivity contribution >= 4 is 17.5 Å². The summed E-state index contributed by atoms with van der Waals surface area (Å²) < 4.78 is 20.7. The number of ether oxygens (including phenoxy) is 4. The van der Waals surface area contributed by atoms with Gasteiger partial charge in [-0.15, -0.1) is 0 Å². The maximum Gasteiger partial charge on any atom is 0.347 e. The third-order valence-electron chi connectivity index (χ3n) is 3.82. The van der Waals surface area contributed by atoms with E-state index in [0.717, 1.165) is 0 Å². The smallest absolute Gasteiger partial charge is 0.347 e. The van der Waals surface area contributed by atoms with Crippen LogP contribution in [-0.4, -0.2) is 33.3 Å². The van der Waals surface area contributed by atoms with Crippen LogP contribution in [0.25, 0.3) is 5.57 Å². The first-order valence-corrected chi connectivity index (χ1v) is 7.31. The molecule has 1 heterocycles. The number of allylic oxidation sites excluding steroid dienone is 2. The molecule has 2 rings (SSSR count). The average molecular weight is 332 g/mol. The Hall–Kier alpha value is -2.76. The van der Waals surface area contributed by atoms with Gasteiger partial charge >= 0.3 is 11.9 Å². The van der Waals surface area contributed by atoms with E-state index in [-0.39, 0.29) is 5.57 Å².